The van der Waals surface area contributed by atoms with E-state index in [2.05, 4.69) is 32.2 Å². The molecule has 1 saturated heterocycles. The molecule has 0 bridgehead atoms. The fourth-order valence-corrected chi connectivity index (χ4v) is 3.05. The average molecular weight is 383 g/mol. The van der Waals surface area contributed by atoms with E-state index in [0.29, 0.717) is 6.54 Å². The van der Waals surface area contributed by atoms with Gasteiger partial charge in [-0.2, -0.15) is 0 Å². The third kappa shape index (κ3) is 5.99. The van der Waals surface area contributed by atoms with E-state index in [-0.39, 0.29) is 28.4 Å². The molecular formula is C16H27ClN8O. The van der Waals surface area contributed by atoms with Gasteiger partial charge in [0.25, 0.3) is 5.91 Å². The second-order valence-electron chi connectivity index (χ2n) is 6.60. The number of hydrogen-bond donors (Lipinski definition) is 4. The summed E-state index contributed by atoms with van der Waals surface area (Å²) in [6, 6.07) is 0. The molecule has 0 atom stereocenters. The quantitative estimate of drug-likeness (QED) is 0.323. The number of hydrogen-bond acceptors (Lipinski definition) is 7. The Balaban J connectivity index is 1.72. The topological polar surface area (TPSA) is 149 Å². The van der Waals surface area contributed by atoms with Crippen molar-refractivity contribution in [2.24, 2.45) is 16.6 Å². The van der Waals surface area contributed by atoms with Crippen LogP contribution < -0.4 is 22.5 Å². The maximum atomic E-state index is 12.1. The number of nitrogens with one attached hydrogen (secondary N) is 1. The lowest BCUT2D eigenvalue weighted by molar-refractivity contribution is 0.0972. The molecule has 1 aromatic rings. The van der Waals surface area contributed by atoms with Gasteiger partial charge < -0.3 is 22.1 Å². The highest BCUT2D eigenvalue weighted by Gasteiger charge is 2.17. The van der Waals surface area contributed by atoms with Gasteiger partial charge in [0.2, 0.25) is 0 Å². The molecule has 0 radical (unpaired) electrons. The van der Waals surface area contributed by atoms with Gasteiger partial charge >= 0.3 is 0 Å². The summed E-state index contributed by atoms with van der Waals surface area (Å²) in [6.45, 7) is 2.92. The normalized spacial score (nSPS) is 16.6. The van der Waals surface area contributed by atoms with Gasteiger partial charge in [-0.25, -0.2) is 9.97 Å². The fourth-order valence-electron chi connectivity index (χ4n) is 2.92. The molecule has 1 aromatic heterocycles. The first-order chi connectivity index (χ1) is 12.4. The number of piperidine rings is 1. The predicted molar refractivity (Wildman–Crippen MR) is 104 cm³/mol. The zero-order chi connectivity index (χ0) is 19.1. The van der Waals surface area contributed by atoms with E-state index < -0.39 is 5.91 Å². The molecule has 10 heteroatoms. The molecule has 1 aliphatic heterocycles. The molecule has 0 aromatic carbocycles. The third-order valence-electron chi connectivity index (χ3n) is 4.50. The SMILES string of the molecule is CN1CCC(CCCCN=C(N)NC(=O)c2nc(Cl)c(N)nc2N)CC1. The molecule has 144 valence electrons. The number of aliphatic imine (C=N–C) groups is 1. The lowest BCUT2D eigenvalue weighted by Crippen LogP contribution is -2.38. The number of nitrogens with two attached hydrogens (primary N) is 3. The molecule has 9 nitrogen and oxygen atoms in total. The molecule has 26 heavy (non-hydrogen) atoms. The highest BCUT2D eigenvalue weighted by molar-refractivity contribution is 6.31. The summed E-state index contributed by atoms with van der Waals surface area (Å²) in [5, 5.41) is 2.34. The van der Waals surface area contributed by atoms with Crippen molar-refractivity contribution in [2.45, 2.75) is 32.1 Å². The fraction of sp³-hybridized carbons (Fsp3) is 0.625. The van der Waals surface area contributed by atoms with Crippen molar-refractivity contribution in [1.29, 1.82) is 0 Å². The number of halogens is 1. The average Bonchev–Trinajstić information content (AvgIpc) is 2.59. The van der Waals surface area contributed by atoms with Crippen LogP contribution in [0.1, 0.15) is 42.6 Å². The van der Waals surface area contributed by atoms with Crippen LogP contribution in [0.25, 0.3) is 0 Å². The first kappa shape index (κ1) is 20.2. The Morgan fingerprint density at radius 3 is 2.65 bits per heavy atom. The Labute approximate surface area is 158 Å². The monoisotopic (exact) mass is 382 g/mol. The van der Waals surface area contributed by atoms with Gasteiger partial charge in [-0.05, 0) is 45.3 Å². The van der Waals surface area contributed by atoms with E-state index in [9.17, 15) is 4.79 Å². The van der Waals surface area contributed by atoms with E-state index in [1.807, 2.05) is 0 Å². The largest absolute Gasteiger partial charge is 0.382 e. The number of amides is 1. The van der Waals surface area contributed by atoms with E-state index in [1.165, 1.54) is 32.4 Å². The molecule has 2 rings (SSSR count). The number of nitrogens with zero attached hydrogens (tertiary/aromatic N) is 4. The van der Waals surface area contributed by atoms with Crippen molar-refractivity contribution in [3.63, 3.8) is 0 Å². The molecular weight excluding hydrogens is 356 g/mol. The number of aromatic nitrogens is 2. The van der Waals surface area contributed by atoms with Crippen LogP contribution in [0, 0.1) is 5.92 Å². The minimum atomic E-state index is -0.621. The number of rotatable bonds is 6. The van der Waals surface area contributed by atoms with Crippen molar-refractivity contribution >= 4 is 35.1 Å². The highest BCUT2D eigenvalue weighted by atomic mass is 35.5. The minimum Gasteiger partial charge on any atom is -0.382 e. The van der Waals surface area contributed by atoms with Gasteiger partial charge in [-0.1, -0.05) is 24.4 Å². The maximum Gasteiger partial charge on any atom is 0.280 e. The number of carbonyl (C=O) groups excluding carboxylic acids is 1. The minimum absolute atomic E-state index is 0.0171. The van der Waals surface area contributed by atoms with Crippen molar-refractivity contribution in [3.05, 3.63) is 10.8 Å². The molecule has 0 saturated carbocycles. The smallest absolute Gasteiger partial charge is 0.280 e. The van der Waals surface area contributed by atoms with Crippen LogP contribution in [0.4, 0.5) is 11.6 Å². The number of carbonyl (C=O) groups is 1. The predicted octanol–water partition coefficient (Wildman–Crippen LogP) is 0.851. The summed E-state index contributed by atoms with van der Waals surface area (Å²) in [4.78, 5) is 26.2. The molecule has 7 N–H and O–H groups in total. The number of likely N-dealkylation sites (tertiary alicyclic amines) is 1. The zero-order valence-corrected chi connectivity index (χ0v) is 15.8. The van der Waals surface area contributed by atoms with Crippen molar-refractivity contribution < 1.29 is 4.79 Å². The van der Waals surface area contributed by atoms with Crippen LogP contribution in [-0.4, -0.2) is 53.4 Å². The van der Waals surface area contributed by atoms with Gasteiger partial charge in [0.15, 0.2) is 28.4 Å². The Bertz CT molecular complexity index is 658. The summed E-state index contributed by atoms with van der Waals surface area (Å²) in [6.07, 6.45) is 5.78. The second kappa shape index (κ2) is 9.54. The lowest BCUT2D eigenvalue weighted by Gasteiger charge is -2.28. The number of nitrogen functional groups attached to an aromatic ring is 2. The molecule has 1 fully saturated rings. The third-order valence-corrected chi connectivity index (χ3v) is 4.78. The van der Waals surface area contributed by atoms with Crippen LogP contribution >= 0.6 is 11.6 Å². The van der Waals surface area contributed by atoms with Crippen molar-refractivity contribution in [3.8, 4) is 0 Å². The Morgan fingerprint density at radius 2 is 1.96 bits per heavy atom. The van der Waals surface area contributed by atoms with E-state index in [4.69, 9.17) is 28.8 Å². The van der Waals surface area contributed by atoms with Gasteiger partial charge in [0.05, 0.1) is 0 Å². The van der Waals surface area contributed by atoms with Crippen LogP contribution in [-0.2, 0) is 0 Å². The van der Waals surface area contributed by atoms with Gasteiger partial charge in [-0.15, -0.1) is 0 Å². The zero-order valence-electron chi connectivity index (χ0n) is 15.0. The van der Waals surface area contributed by atoms with E-state index in [0.717, 1.165) is 18.8 Å². The van der Waals surface area contributed by atoms with E-state index in [1.54, 1.807) is 0 Å². The van der Waals surface area contributed by atoms with Crippen molar-refractivity contribution in [1.82, 2.24) is 20.2 Å². The summed E-state index contributed by atoms with van der Waals surface area (Å²) >= 11 is 5.76. The summed E-state index contributed by atoms with van der Waals surface area (Å²) in [5.74, 6) is 0.0549. The molecule has 2 heterocycles. The Morgan fingerprint density at radius 1 is 1.27 bits per heavy atom. The summed E-state index contributed by atoms with van der Waals surface area (Å²) < 4.78 is 0. The van der Waals surface area contributed by atoms with Gasteiger partial charge in [0, 0.05) is 6.54 Å². The number of anilines is 2. The number of guanidine groups is 1. The summed E-state index contributed by atoms with van der Waals surface area (Å²) in [7, 11) is 2.17. The molecule has 0 aliphatic carbocycles. The standard InChI is InChI=1S/C16H27ClN8O/c1-25-8-5-10(6-9-25)4-2-3-7-21-16(20)24-15(26)11-13(18)23-14(19)12(17)22-11/h10H,2-9H2,1H3,(H4,18,19,23)(H3,20,21,24,26). The first-order valence-corrected chi connectivity index (χ1v) is 9.13. The highest BCUT2D eigenvalue weighted by Crippen LogP contribution is 2.21. The van der Waals surface area contributed by atoms with E-state index >= 15 is 0 Å². The second-order valence-corrected chi connectivity index (χ2v) is 6.96. The molecule has 0 unspecified atom stereocenters. The Hall–Kier alpha value is -2.13. The molecule has 1 aliphatic rings. The summed E-state index contributed by atoms with van der Waals surface area (Å²) in [5.41, 5.74) is 16.7. The lowest BCUT2D eigenvalue weighted by atomic mass is 9.92. The number of unbranched alkanes of at least 4 members (excludes halogenated alkanes) is 1. The van der Waals surface area contributed by atoms with Crippen LogP contribution in [0.15, 0.2) is 4.99 Å². The van der Waals surface area contributed by atoms with Crippen molar-refractivity contribution in [2.75, 3.05) is 38.1 Å². The molecule has 1 amide bonds. The maximum absolute atomic E-state index is 12.1. The van der Waals surface area contributed by atoms with Gasteiger partial charge in [-0.3, -0.25) is 15.1 Å². The van der Waals surface area contributed by atoms with Crippen LogP contribution in [0.3, 0.4) is 0 Å². The first-order valence-electron chi connectivity index (χ1n) is 8.75. The van der Waals surface area contributed by atoms with Gasteiger partial charge in [0.1, 0.15) is 0 Å². The van der Waals surface area contributed by atoms with Crippen LogP contribution in [0.5, 0.6) is 0 Å². The molecule has 0 spiro atoms. The Kier molecular flexibility index (Phi) is 7.40. The van der Waals surface area contributed by atoms with Crippen LogP contribution in [0.2, 0.25) is 5.15 Å².